The number of ether oxygens (including phenoxy) is 1. The van der Waals surface area contributed by atoms with Crippen LogP contribution in [0.25, 0.3) is 0 Å². The lowest BCUT2D eigenvalue weighted by Crippen LogP contribution is -2.51. The molecule has 1 heterocycles. The number of hydrogen-bond donors (Lipinski definition) is 2. The Morgan fingerprint density at radius 3 is 2.61 bits per heavy atom. The molecular formula is C14H26N2OS. The standard InChI is InChI=1S/C14H26N2OS/c1-5-17-13(14(2,3)4)12(16-15)9-8-11-7-6-10-18-11/h6-7,10,12-13,16H,5,8-9,15H2,1-4H3. The van der Waals surface area contributed by atoms with E-state index in [9.17, 15) is 0 Å². The Balaban J connectivity index is 2.61. The average Bonchev–Trinajstić information content (AvgIpc) is 2.80. The number of rotatable bonds is 7. The molecule has 4 heteroatoms. The summed E-state index contributed by atoms with van der Waals surface area (Å²) in [5.41, 5.74) is 3.02. The van der Waals surface area contributed by atoms with Gasteiger partial charge in [-0.3, -0.25) is 11.3 Å². The van der Waals surface area contributed by atoms with Crippen LogP contribution in [-0.4, -0.2) is 18.8 Å². The molecule has 1 aromatic rings. The highest BCUT2D eigenvalue weighted by molar-refractivity contribution is 7.09. The van der Waals surface area contributed by atoms with Gasteiger partial charge in [0.25, 0.3) is 0 Å². The van der Waals surface area contributed by atoms with E-state index in [1.807, 2.05) is 6.92 Å². The van der Waals surface area contributed by atoms with Gasteiger partial charge in [0.05, 0.1) is 6.10 Å². The summed E-state index contributed by atoms with van der Waals surface area (Å²) in [6.45, 7) is 9.35. The van der Waals surface area contributed by atoms with Crippen molar-refractivity contribution in [2.24, 2.45) is 11.3 Å². The molecule has 0 aliphatic rings. The fourth-order valence-corrected chi connectivity index (χ4v) is 2.95. The molecule has 18 heavy (non-hydrogen) atoms. The molecule has 1 aromatic heterocycles. The average molecular weight is 270 g/mol. The van der Waals surface area contributed by atoms with E-state index in [1.54, 1.807) is 11.3 Å². The number of hydrazine groups is 1. The van der Waals surface area contributed by atoms with Gasteiger partial charge in [0.1, 0.15) is 0 Å². The molecule has 3 nitrogen and oxygen atoms in total. The molecule has 2 unspecified atom stereocenters. The lowest BCUT2D eigenvalue weighted by Gasteiger charge is -2.36. The van der Waals surface area contributed by atoms with E-state index in [0.717, 1.165) is 19.4 Å². The van der Waals surface area contributed by atoms with Gasteiger partial charge in [-0.2, -0.15) is 0 Å². The molecule has 104 valence electrons. The quantitative estimate of drug-likeness (QED) is 0.591. The van der Waals surface area contributed by atoms with Gasteiger partial charge in [0.15, 0.2) is 0 Å². The SMILES string of the molecule is CCOC(C(CCc1cccs1)NN)C(C)(C)C. The van der Waals surface area contributed by atoms with Gasteiger partial charge in [-0.1, -0.05) is 26.8 Å². The fraction of sp³-hybridized carbons (Fsp3) is 0.714. The van der Waals surface area contributed by atoms with Gasteiger partial charge >= 0.3 is 0 Å². The number of thiophene rings is 1. The van der Waals surface area contributed by atoms with Crippen LogP contribution in [0, 0.1) is 5.41 Å². The Bertz CT molecular complexity index is 319. The van der Waals surface area contributed by atoms with Gasteiger partial charge in [-0.15, -0.1) is 11.3 Å². The summed E-state index contributed by atoms with van der Waals surface area (Å²) in [4.78, 5) is 1.40. The molecular weight excluding hydrogens is 244 g/mol. The Kier molecular flexibility index (Phi) is 6.29. The van der Waals surface area contributed by atoms with Crippen LogP contribution in [-0.2, 0) is 11.2 Å². The summed E-state index contributed by atoms with van der Waals surface area (Å²) < 4.78 is 5.89. The number of hydrogen-bond acceptors (Lipinski definition) is 4. The first-order valence-corrected chi connectivity index (χ1v) is 7.47. The topological polar surface area (TPSA) is 47.3 Å². The van der Waals surface area contributed by atoms with Crippen molar-refractivity contribution in [1.82, 2.24) is 5.43 Å². The van der Waals surface area contributed by atoms with E-state index in [4.69, 9.17) is 10.6 Å². The van der Waals surface area contributed by atoms with Crippen molar-refractivity contribution in [3.05, 3.63) is 22.4 Å². The zero-order chi connectivity index (χ0) is 13.6. The lowest BCUT2D eigenvalue weighted by atomic mass is 9.83. The third-order valence-electron chi connectivity index (χ3n) is 3.06. The molecule has 0 saturated carbocycles. The van der Waals surface area contributed by atoms with Crippen molar-refractivity contribution >= 4 is 11.3 Å². The first-order valence-electron chi connectivity index (χ1n) is 6.59. The third-order valence-corrected chi connectivity index (χ3v) is 4.00. The van der Waals surface area contributed by atoms with Gasteiger partial charge in [0, 0.05) is 17.5 Å². The van der Waals surface area contributed by atoms with Gasteiger partial charge < -0.3 is 4.74 Å². The van der Waals surface area contributed by atoms with Crippen LogP contribution in [0.2, 0.25) is 0 Å². The molecule has 0 spiro atoms. The highest BCUT2D eigenvalue weighted by Crippen LogP contribution is 2.27. The highest BCUT2D eigenvalue weighted by atomic mass is 32.1. The zero-order valence-corrected chi connectivity index (χ0v) is 12.7. The maximum Gasteiger partial charge on any atom is 0.0789 e. The van der Waals surface area contributed by atoms with Crippen LogP contribution in [0.15, 0.2) is 17.5 Å². The van der Waals surface area contributed by atoms with Crippen molar-refractivity contribution in [1.29, 1.82) is 0 Å². The van der Waals surface area contributed by atoms with E-state index >= 15 is 0 Å². The van der Waals surface area contributed by atoms with Crippen LogP contribution in [0.1, 0.15) is 39.0 Å². The van der Waals surface area contributed by atoms with E-state index < -0.39 is 0 Å². The molecule has 0 fully saturated rings. The number of nitrogens with one attached hydrogen (secondary N) is 1. The number of nitrogens with two attached hydrogens (primary N) is 1. The lowest BCUT2D eigenvalue weighted by molar-refractivity contribution is -0.0373. The first-order chi connectivity index (χ1) is 8.49. The molecule has 0 amide bonds. The molecule has 3 N–H and O–H groups in total. The van der Waals surface area contributed by atoms with Crippen LogP contribution in [0.3, 0.4) is 0 Å². The normalized spacial score (nSPS) is 15.6. The Labute approximate surface area is 115 Å². The van der Waals surface area contributed by atoms with Crippen molar-refractivity contribution in [2.75, 3.05) is 6.61 Å². The minimum Gasteiger partial charge on any atom is -0.376 e. The second kappa shape index (κ2) is 7.24. The largest absolute Gasteiger partial charge is 0.376 e. The highest BCUT2D eigenvalue weighted by Gasteiger charge is 2.32. The monoisotopic (exact) mass is 270 g/mol. The predicted molar refractivity (Wildman–Crippen MR) is 78.6 cm³/mol. The Morgan fingerprint density at radius 2 is 2.17 bits per heavy atom. The maximum absolute atomic E-state index is 5.89. The smallest absolute Gasteiger partial charge is 0.0789 e. The molecule has 0 radical (unpaired) electrons. The van der Waals surface area contributed by atoms with Crippen LogP contribution in [0.5, 0.6) is 0 Å². The third kappa shape index (κ3) is 4.69. The van der Waals surface area contributed by atoms with Gasteiger partial charge in [-0.05, 0) is 36.6 Å². The molecule has 0 aliphatic carbocycles. The second-order valence-electron chi connectivity index (χ2n) is 5.63. The first kappa shape index (κ1) is 15.6. The summed E-state index contributed by atoms with van der Waals surface area (Å²) in [6, 6.07) is 4.45. The molecule has 1 rings (SSSR count). The van der Waals surface area contributed by atoms with Crippen molar-refractivity contribution in [2.45, 2.75) is 52.7 Å². The summed E-state index contributed by atoms with van der Waals surface area (Å²) in [7, 11) is 0. The molecule has 2 atom stereocenters. The van der Waals surface area contributed by atoms with Gasteiger partial charge in [-0.25, -0.2) is 0 Å². The number of aryl methyl sites for hydroxylation is 1. The zero-order valence-electron chi connectivity index (χ0n) is 11.9. The van der Waals surface area contributed by atoms with E-state index in [-0.39, 0.29) is 17.6 Å². The van der Waals surface area contributed by atoms with Crippen molar-refractivity contribution in [3.8, 4) is 0 Å². The Morgan fingerprint density at radius 1 is 1.44 bits per heavy atom. The van der Waals surface area contributed by atoms with Gasteiger partial charge in [0.2, 0.25) is 0 Å². The van der Waals surface area contributed by atoms with Crippen molar-refractivity contribution in [3.63, 3.8) is 0 Å². The molecule has 0 bridgehead atoms. The van der Waals surface area contributed by atoms with Crippen LogP contribution < -0.4 is 11.3 Å². The Hall–Kier alpha value is -0.420. The molecule has 0 aliphatic heterocycles. The molecule has 0 saturated heterocycles. The molecule has 0 aromatic carbocycles. The minimum atomic E-state index is 0.0858. The predicted octanol–water partition coefficient (Wildman–Crippen LogP) is 2.96. The minimum absolute atomic E-state index is 0.0858. The maximum atomic E-state index is 5.89. The van der Waals surface area contributed by atoms with E-state index in [0.29, 0.717) is 0 Å². The van der Waals surface area contributed by atoms with E-state index in [1.165, 1.54) is 4.88 Å². The van der Waals surface area contributed by atoms with Crippen LogP contribution >= 0.6 is 11.3 Å². The summed E-state index contributed by atoms with van der Waals surface area (Å²) in [5, 5.41) is 2.12. The summed E-state index contributed by atoms with van der Waals surface area (Å²) >= 11 is 1.80. The van der Waals surface area contributed by atoms with E-state index in [2.05, 4.69) is 43.7 Å². The van der Waals surface area contributed by atoms with Crippen LogP contribution in [0.4, 0.5) is 0 Å². The summed E-state index contributed by atoms with van der Waals surface area (Å²) in [6.07, 6.45) is 2.18. The fourth-order valence-electron chi connectivity index (χ4n) is 2.22. The summed E-state index contributed by atoms with van der Waals surface area (Å²) in [5.74, 6) is 5.71. The van der Waals surface area contributed by atoms with Crippen molar-refractivity contribution < 1.29 is 4.74 Å². The second-order valence-corrected chi connectivity index (χ2v) is 6.67.